The SMILES string of the molecule is CC(=O)N[C@@H]([C@H](OCc1ccccc1)[C@@H](COCc1ccccc1)OC(C)=O)[C@H](COC(C)=O)N=[N+]=[N-]. The van der Waals surface area contributed by atoms with Crippen molar-refractivity contribution in [3.8, 4) is 0 Å². The number of esters is 2. The minimum Gasteiger partial charge on any atom is -0.465 e. The normalized spacial score (nSPS) is 13.8. The molecule has 198 valence electrons. The molecule has 0 aliphatic heterocycles. The third kappa shape index (κ3) is 11.1. The number of nitrogens with one attached hydrogen (secondary N) is 1. The lowest BCUT2D eigenvalue weighted by Crippen LogP contribution is -2.57. The van der Waals surface area contributed by atoms with E-state index in [1.807, 2.05) is 60.7 Å². The highest BCUT2D eigenvalue weighted by atomic mass is 16.6. The molecule has 0 bridgehead atoms. The first-order valence-corrected chi connectivity index (χ1v) is 11.7. The Labute approximate surface area is 215 Å². The molecule has 0 spiro atoms. The summed E-state index contributed by atoms with van der Waals surface area (Å²) < 4.78 is 22.7. The van der Waals surface area contributed by atoms with E-state index in [0.717, 1.165) is 11.1 Å². The Morgan fingerprint density at radius 1 is 0.892 bits per heavy atom. The maximum atomic E-state index is 12.2. The van der Waals surface area contributed by atoms with E-state index < -0.39 is 42.1 Å². The van der Waals surface area contributed by atoms with Gasteiger partial charge in [-0.05, 0) is 16.7 Å². The Balaban J connectivity index is 2.39. The van der Waals surface area contributed by atoms with E-state index >= 15 is 0 Å². The number of carbonyl (C=O) groups is 3. The van der Waals surface area contributed by atoms with Gasteiger partial charge in [-0.25, -0.2) is 0 Å². The average molecular weight is 513 g/mol. The zero-order valence-electron chi connectivity index (χ0n) is 21.1. The number of hydrogen-bond acceptors (Lipinski definition) is 8. The smallest absolute Gasteiger partial charge is 0.303 e. The van der Waals surface area contributed by atoms with Crippen LogP contribution < -0.4 is 5.32 Å². The highest BCUT2D eigenvalue weighted by Crippen LogP contribution is 2.19. The van der Waals surface area contributed by atoms with E-state index in [1.54, 1.807) is 0 Å². The summed E-state index contributed by atoms with van der Waals surface area (Å²) >= 11 is 0. The molecule has 4 atom stereocenters. The van der Waals surface area contributed by atoms with Crippen molar-refractivity contribution in [2.45, 2.75) is 58.3 Å². The molecule has 2 rings (SSSR count). The van der Waals surface area contributed by atoms with Crippen LogP contribution in [0, 0.1) is 0 Å². The molecule has 2 aromatic rings. The van der Waals surface area contributed by atoms with E-state index in [1.165, 1.54) is 20.8 Å². The lowest BCUT2D eigenvalue weighted by molar-refractivity contribution is -0.166. The zero-order chi connectivity index (χ0) is 27.0. The predicted octanol–water partition coefficient (Wildman–Crippen LogP) is 3.47. The van der Waals surface area contributed by atoms with Crippen LogP contribution in [0.1, 0.15) is 31.9 Å². The summed E-state index contributed by atoms with van der Waals surface area (Å²) in [6.45, 7) is 3.66. The second kappa shape index (κ2) is 15.9. The van der Waals surface area contributed by atoms with Crippen LogP contribution >= 0.6 is 0 Å². The molecule has 0 fully saturated rings. The molecule has 2 aromatic carbocycles. The molecule has 0 saturated carbocycles. The average Bonchev–Trinajstić information content (AvgIpc) is 2.86. The number of azide groups is 1. The van der Waals surface area contributed by atoms with Gasteiger partial charge in [-0.15, -0.1) is 0 Å². The molecule has 37 heavy (non-hydrogen) atoms. The molecular weight excluding hydrogens is 480 g/mol. The van der Waals surface area contributed by atoms with E-state index in [4.69, 9.17) is 18.9 Å². The van der Waals surface area contributed by atoms with E-state index in [9.17, 15) is 19.9 Å². The van der Waals surface area contributed by atoms with Crippen LogP contribution in [0.3, 0.4) is 0 Å². The van der Waals surface area contributed by atoms with E-state index in [0.29, 0.717) is 0 Å². The highest BCUT2D eigenvalue weighted by molar-refractivity contribution is 5.73. The Morgan fingerprint density at radius 2 is 1.49 bits per heavy atom. The predicted molar refractivity (Wildman–Crippen MR) is 134 cm³/mol. The number of nitrogens with zero attached hydrogens (tertiary/aromatic N) is 3. The zero-order valence-corrected chi connectivity index (χ0v) is 21.1. The Morgan fingerprint density at radius 3 is 2.00 bits per heavy atom. The Bertz CT molecular complexity index is 1050. The van der Waals surface area contributed by atoms with Crippen molar-refractivity contribution in [3.63, 3.8) is 0 Å². The monoisotopic (exact) mass is 512 g/mol. The van der Waals surface area contributed by atoms with Crippen LogP contribution in [0.15, 0.2) is 65.8 Å². The van der Waals surface area contributed by atoms with Gasteiger partial charge in [0.1, 0.15) is 12.7 Å². The summed E-state index contributed by atoms with van der Waals surface area (Å²) in [5, 5.41) is 6.46. The summed E-state index contributed by atoms with van der Waals surface area (Å²) in [7, 11) is 0. The second-order valence-corrected chi connectivity index (χ2v) is 8.21. The van der Waals surface area contributed by atoms with Crippen LogP contribution in [-0.2, 0) is 46.5 Å². The molecule has 11 heteroatoms. The maximum Gasteiger partial charge on any atom is 0.303 e. The van der Waals surface area contributed by atoms with E-state index in [2.05, 4.69) is 15.3 Å². The van der Waals surface area contributed by atoms with Gasteiger partial charge in [0.2, 0.25) is 5.91 Å². The number of ether oxygens (including phenoxy) is 4. The van der Waals surface area contributed by atoms with Crippen LogP contribution in [0.5, 0.6) is 0 Å². The standard InChI is InChI=1S/C26H32N4O7/c1-18(31)28-25(23(29-30-27)16-35-19(2)32)26(36-15-22-12-8-5-9-13-22)24(37-20(3)33)17-34-14-21-10-6-4-7-11-21/h4-13,23-26H,14-17H2,1-3H3,(H,28,31)/t23-,24+,25+,26+/m0/s1. The minimum absolute atomic E-state index is 0.0828. The number of hydrogen-bond donors (Lipinski definition) is 1. The van der Waals surface area contributed by atoms with Crippen molar-refractivity contribution in [2.24, 2.45) is 5.11 Å². The molecule has 0 aliphatic rings. The molecule has 11 nitrogen and oxygen atoms in total. The summed E-state index contributed by atoms with van der Waals surface area (Å²) in [5.41, 5.74) is 10.9. The lowest BCUT2D eigenvalue weighted by atomic mass is 9.98. The van der Waals surface area contributed by atoms with Gasteiger partial charge < -0.3 is 24.3 Å². The third-order valence-electron chi connectivity index (χ3n) is 5.16. The lowest BCUT2D eigenvalue weighted by Gasteiger charge is -2.36. The fraction of sp³-hybridized carbons (Fsp3) is 0.423. The number of carbonyl (C=O) groups excluding carboxylic acids is 3. The van der Waals surface area contributed by atoms with Crippen molar-refractivity contribution in [1.29, 1.82) is 0 Å². The maximum absolute atomic E-state index is 12.2. The fourth-order valence-electron chi connectivity index (χ4n) is 3.60. The van der Waals surface area contributed by atoms with Gasteiger partial charge in [0.25, 0.3) is 0 Å². The molecule has 1 N–H and O–H groups in total. The summed E-state index contributed by atoms with van der Waals surface area (Å²) in [4.78, 5) is 38.5. The van der Waals surface area contributed by atoms with Gasteiger partial charge >= 0.3 is 11.9 Å². The van der Waals surface area contributed by atoms with Crippen LogP contribution in [-0.4, -0.2) is 55.4 Å². The quantitative estimate of drug-likeness (QED) is 0.166. The van der Waals surface area contributed by atoms with Gasteiger partial charge in [0.05, 0.1) is 31.9 Å². The summed E-state index contributed by atoms with van der Waals surface area (Å²) in [6.07, 6.45) is -2.04. The largest absolute Gasteiger partial charge is 0.465 e. The molecule has 0 aromatic heterocycles. The van der Waals surface area contributed by atoms with Crippen LogP contribution in [0.25, 0.3) is 10.4 Å². The first-order valence-electron chi connectivity index (χ1n) is 11.7. The summed E-state index contributed by atoms with van der Waals surface area (Å²) in [6, 6.07) is 16.6. The van der Waals surface area contributed by atoms with Gasteiger partial charge in [-0.1, -0.05) is 65.8 Å². The van der Waals surface area contributed by atoms with Crippen molar-refractivity contribution >= 4 is 17.8 Å². The number of rotatable bonds is 15. The van der Waals surface area contributed by atoms with Crippen molar-refractivity contribution in [1.82, 2.24) is 5.32 Å². The Hall–Kier alpha value is -3.92. The van der Waals surface area contributed by atoms with Crippen molar-refractivity contribution in [2.75, 3.05) is 13.2 Å². The van der Waals surface area contributed by atoms with E-state index in [-0.39, 0.29) is 26.4 Å². The second-order valence-electron chi connectivity index (χ2n) is 8.21. The minimum atomic E-state index is -1.06. The third-order valence-corrected chi connectivity index (χ3v) is 5.16. The molecule has 0 radical (unpaired) electrons. The number of benzene rings is 2. The topological polar surface area (TPSA) is 149 Å². The Kier molecular flexibility index (Phi) is 12.6. The summed E-state index contributed by atoms with van der Waals surface area (Å²) in [5.74, 6) is -1.64. The molecule has 0 saturated heterocycles. The van der Waals surface area contributed by atoms with Crippen molar-refractivity contribution < 1.29 is 33.3 Å². The first-order chi connectivity index (χ1) is 17.8. The van der Waals surface area contributed by atoms with Gasteiger partial charge in [-0.2, -0.15) is 0 Å². The molecule has 0 aliphatic carbocycles. The van der Waals surface area contributed by atoms with Crippen LogP contribution in [0.2, 0.25) is 0 Å². The fourth-order valence-corrected chi connectivity index (χ4v) is 3.60. The van der Waals surface area contributed by atoms with Gasteiger partial charge in [0, 0.05) is 25.7 Å². The van der Waals surface area contributed by atoms with Crippen LogP contribution in [0.4, 0.5) is 0 Å². The number of amides is 1. The van der Waals surface area contributed by atoms with Gasteiger partial charge in [-0.3, -0.25) is 14.4 Å². The first kappa shape index (κ1) is 29.3. The molecular formula is C26H32N4O7. The molecule has 0 unspecified atom stereocenters. The highest BCUT2D eigenvalue weighted by Gasteiger charge is 2.39. The van der Waals surface area contributed by atoms with Crippen molar-refractivity contribution in [3.05, 3.63) is 82.2 Å². The molecule has 1 amide bonds. The molecule has 0 heterocycles. The van der Waals surface area contributed by atoms with Gasteiger partial charge in [0.15, 0.2) is 6.10 Å².